The fourth-order valence-electron chi connectivity index (χ4n) is 3.78. The van der Waals surface area contributed by atoms with E-state index in [1.165, 1.54) is 53.0 Å². The second kappa shape index (κ2) is 10.1. The number of nitrogens with zero attached hydrogens (tertiary/aromatic N) is 2. The number of carbonyl (C=O) groups is 2. The minimum absolute atomic E-state index is 0.0119. The molecular formula is C24H26N4O5S2. The lowest BCUT2D eigenvalue weighted by Gasteiger charge is -2.13. The second-order valence-corrected chi connectivity index (χ2v) is 11.2. The molecule has 35 heavy (non-hydrogen) atoms. The average molecular weight is 515 g/mol. The van der Waals surface area contributed by atoms with Crippen LogP contribution in [0.25, 0.3) is 0 Å². The highest BCUT2D eigenvalue weighted by molar-refractivity contribution is 7.92. The lowest BCUT2D eigenvalue weighted by atomic mass is 9.99. The van der Waals surface area contributed by atoms with Gasteiger partial charge in [-0.1, -0.05) is 0 Å². The Labute approximate surface area is 208 Å². The van der Waals surface area contributed by atoms with Gasteiger partial charge >= 0.3 is 5.97 Å². The number of rotatable bonds is 7. The van der Waals surface area contributed by atoms with Gasteiger partial charge in [-0.3, -0.25) is 4.79 Å². The first kappa shape index (κ1) is 24.8. The van der Waals surface area contributed by atoms with Crippen molar-refractivity contribution in [2.24, 2.45) is 0 Å². The van der Waals surface area contributed by atoms with Gasteiger partial charge in [0, 0.05) is 22.0 Å². The first-order valence-corrected chi connectivity index (χ1v) is 13.5. The molecule has 4 rings (SSSR count). The average Bonchev–Trinajstić information content (AvgIpc) is 3.23. The SMILES string of the molecule is Cc1cc(C)nc(NS(=O)(=O)c2ccc(NC(=O)C(C)OC(=O)c3cc4c(s3)CCCC4)cc2)n1. The predicted octanol–water partition coefficient (Wildman–Crippen LogP) is 4.02. The summed E-state index contributed by atoms with van der Waals surface area (Å²) in [7, 11) is -3.91. The van der Waals surface area contributed by atoms with Crippen molar-refractivity contribution in [2.75, 3.05) is 10.0 Å². The van der Waals surface area contributed by atoms with Gasteiger partial charge in [0.2, 0.25) is 5.95 Å². The third-order valence-corrected chi connectivity index (χ3v) is 8.05. The Balaban J connectivity index is 1.36. The molecular weight excluding hydrogens is 488 g/mol. The monoisotopic (exact) mass is 514 g/mol. The largest absolute Gasteiger partial charge is 0.448 e. The summed E-state index contributed by atoms with van der Waals surface area (Å²) in [6.45, 7) is 4.99. The van der Waals surface area contributed by atoms with Crippen LogP contribution in [0.5, 0.6) is 0 Å². The minimum atomic E-state index is -3.91. The lowest BCUT2D eigenvalue weighted by Crippen LogP contribution is -2.29. The molecule has 2 aromatic heterocycles. The highest BCUT2D eigenvalue weighted by Gasteiger charge is 2.23. The van der Waals surface area contributed by atoms with E-state index in [1.807, 2.05) is 6.07 Å². The number of carbonyl (C=O) groups excluding carboxylic acids is 2. The van der Waals surface area contributed by atoms with Crippen molar-refractivity contribution < 1.29 is 22.7 Å². The van der Waals surface area contributed by atoms with Crippen LogP contribution in [-0.4, -0.2) is 36.4 Å². The maximum absolute atomic E-state index is 12.7. The lowest BCUT2D eigenvalue weighted by molar-refractivity contribution is -0.123. The van der Waals surface area contributed by atoms with Gasteiger partial charge in [-0.05, 0) is 88.4 Å². The van der Waals surface area contributed by atoms with Crippen LogP contribution in [-0.2, 0) is 32.4 Å². The molecule has 1 aromatic carbocycles. The number of esters is 1. The quantitative estimate of drug-likeness (QED) is 0.456. The highest BCUT2D eigenvalue weighted by atomic mass is 32.2. The Bertz CT molecular complexity index is 1320. The third-order valence-electron chi connectivity index (χ3n) is 5.49. The Morgan fingerprint density at radius 3 is 2.34 bits per heavy atom. The van der Waals surface area contributed by atoms with E-state index in [0.717, 1.165) is 25.7 Å². The first-order valence-electron chi connectivity index (χ1n) is 11.2. The molecule has 1 aliphatic rings. The van der Waals surface area contributed by atoms with Crippen molar-refractivity contribution in [3.63, 3.8) is 0 Å². The Morgan fingerprint density at radius 1 is 1.03 bits per heavy atom. The second-order valence-electron chi connectivity index (χ2n) is 8.41. The van der Waals surface area contributed by atoms with Crippen molar-refractivity contribution in [2.45, 2.75) is 57.5 Å². The summed E-state index contributed by atoms with van der Waals surface area (Å²) < 4.78 is 33.0. The van der Waals surface area contributed by atoms with Gasteiger partial charge in [-0.25, -0.2) is 27.9 Å². The van der Waals surface area contributed by atoms with E-state index in [0.29, 0.717) is 22.0 Å². The standard InChI is InChI=1S/C24H26N4O5S2/c1-14-12-15(2)26-24(25-14)28-35(31,32)19-10-8-18(9-11-19)27-22(29)16(3)33-23(30)21-13-17-6-4-5-7-20(17)34-21/h8-13,16H,4-7H2,1-3H3,(H,27,29)(H,25,26,28). The van der Waals surface area contributed by atoms with E-state index in [4.69, 9.17) is 4.74 Å². The van der Waals surface area contributed by atoms with Crippen LogP contribution in [0, 0.1) is 13.8 Å². The first-order chi connectivity index (χ1) is 16.6. The minimum Gasteiger partial charge on any atom is -0.448 e. The molecule has 9 nitrogen and oxygen atoms in total. The van der Waals surface area contributed by atoms with E-state index >= 15 is 0 Å². The zero-order chi connectivity index (χ0) is 25.2. The van der Waals surface area contributed by atoms with Gasteiger partial charge in [0.05, 0.1) is 4.90 Å². The number of anilines is 2. The van der Waals surface area contributed by atoms with Gasteiger partial charge in [0.25, 0.3) is 15.9 Å². The number of amides is 1. The molecule has 1 unspecified atom stereocenters. The molecule has 2 heterocycles. The van der Waals surface area contributed by atoms with E-state index in [2.05, 4.69) is 20.0 Å². The van der Waals surface area contributed by atoms with Crippen LogP contribution >= 0.6 is 11.3 Å². The molecule has 2 N–H and O–H groups in total. The van der Waals surface area contributed by atoms with Crippen LogP contribution in [0.1, 0.15) is 51.3 Å². The third kappa shape index (κ3) is 6.04. The zero-order valence-corrected chi connectivity index (χ0v) is 21.3. The van der Waals surface area contributed by atoms with Crippen molar-refractivity contribution in [1.29, 1.82) is 0 Å². The number of aromatic nitrogens is 2. The van der Waals surface area contributed by atoms with Gasteiger partial charge < -0.3 is 10.1 Å². The van der Waals surface area contributed by atoms with Gasteiger partial charge in [0.15, 0.2) is 6.10 Å². The maximum atomic E-state index is 12.7. The van der Waals surface area contributed by atoms with Crippen molar-refractivity contribution in [3.8, 4) is 0 Å². The summed E-state index contributed by atoms with van der Waals surface area (Å²) in [6, 6.07) is 9.22. The predicted molar refractivity (Wildman–Crippen MR) is 133 cm³/mol. The van der Waals surface area contributed by atoms with E-state index < -0.39 is 28.0 Å². The summed E-state index contributed by atoms with van der Waals surface area (Å²) in [5.41, 5.74) is 2.84. The number of nitrogens with one attached hydrogen (secondary N) is 2. The van der Waals surface area contributed by atoms with Gasteiger partial charge in [-0.15, -0.1) is 11.3 Å². The van der Waals surface area contributed by atoms with E-state index in [9.17, 15) is 18.0 Å². The number of benzene rings is 1. The number of aryl methyl sites for hydroxylation is 4. The zero-order valence-electron chi connectivity index (χ0n) is 19.6. The molecule has 1 amide bonds. The normalized spacial score (nSPS) is 14.0. The molecule has 0 spiro atoms. The number of fused-ring (bicyclic) bond motifs is 1. The number of sulfonamides is 1. The molecule has 1 atom stereocenters. The van der Waals surface area contributed by atoms with Crippen LogP contribution in [0.2, 0.25) is 0 Å². The molecule has 3 aromatic rings. The smallest absolute Gasteiger partial charge is 0.349 e. The summed E-state index contributed by atoms with van der Waals surface area (Å²) in [5.74, 6) is -1.05. The molecule has 0 aliphatic heterocycles. The molecule has 11 heteroatoms. The van der Waals surface area contributed by atoms with E-state index in [1.54, 1.807) is 19.9 Å². The summed E-state index contributed by atoms with van der Waals surface area (Å²) in [6.07, 6.45) is 3.16. The fraction of sp³-hybridized carbons (Fsp3) is 0.333. The number of hydrogen-bond acceptors (Lipinski definition) is 8. The van der Waals surface area contributed by atoms with E-state index in [-0.39, 0.29) is 10.8 Å². The topological polar surface area (TPSA) is 127 Å². The molecule has 0 bridgehead atoms. The maximum Gasteiger partial charge on any atom is 0.349 e. The van der Waals surface area contributed by atoms with Crippen molar-refractivity contribution in [3.05, 3.63) is 63.1 Å². The molecule has 0 fully saturated rings. The molecule has 0 saturated carbocycles. The summed E-state index contributed by atoms with van der Waals surface area (Å²) >= 11 is 1.43. The van der Waals surface area contributed by atoms with Crippen LogP contribution in [0.15, 0.2) is 41.3 Å². The Hall–Kier alpha value is -3.31. The molecule has 184 valence electrons. The van der Waals surface area contributed by atoms with Crippen molar-refractivity contribution >= 4 is 44.9 Å². The summed E-state index contributed by atoms with van der Waals surface area (Å²) in [4.78, 5) is 34.9. The number of hydrogen-bond donors (Lipinski definition) is 2. The molecule has 0 radical (unpaired) electrons. The fourth-order valence-corrected chi connectivity index (χ4v) is 5.86. The Kier molecular flexibility index (Phi) is 7.18. The summed E-state index contributed by atoms with van der Waals surface area (Å²) in [5, 5.41) is 2.64. The van der Waals surface area contributed by atoms with Crippen LogP contribution < -0.4 is 10.0 Å². The van der Waals surface area contributed by atoms with Gasteiger partial charge in [0.1, 0.15) is 4.88 Å². The molecule has 1 aliphatic carbocycles. The number of ether oxygens (including phenoxy) is 1. The van der Waals surface area contributed by atoms with Crippen molar-refractivity contribution in [1.82, 2.24) is 9.97 Å². The highest BCUT2D eigenvalue weighted by Crippen LogP contribution is 2.30. The molecule has 0 saturated heterocycles. The Morgan fingerprint density at radius 2 is 1.69 bits per heavy atom. The number of thiophene rings is 1. The van der Waals surface area contributed by atoms with Crippen LogP contribution in [0.4, 0.5) is 11.6 Å². The van der Waals surface area contributed by atoms with Crippen LogP contribution in [0.3, 0.4) is 0 Å². The van der Waals surface area contributed by atoms with Gasteiger partial charge in [-0.2, -0.15) is 0 Å².